The van der Waals surface area contributed by atoms with Gasteiger partial charge < -0.3 is 9.84 Å². The highest BCUT2D eigenvalue weighted by molar-refractivity contribution is 6.01. The monoisotopic (exact) mass is 272 g/mol. The third-order valence-electron chi connectivity index (χ3n) is 3.61. The van der Waals surface area contributed by atoms with Crippen LogP contribution in [0.4, 0.5) is 0 Å². The minimum absolute atomic E-state index is 0.274. The standard InChI is InChI=1S/C15H28O4/c1-8-9-10-19-12(18)15(11(16)17,13(2,3)4)14(5,6)7/h8-10H2,1-7H3,(H,16,17). The Labute approximate surface area is 116 Å². The van der Waals surface area contributed by atoms with E-state index in [0.717, 1.165) is 12.8 Å². The molecule has 0 aromatic rings. The highest BCUT2D eigenvalue weighted by Gasteiger charge is 2.63. The number of hydrogen-bond donors (Lipinski definition) is 1. The van der Waals surface area contributed by atoms with Crippen molar-refractivity contribution in [1.29, 1.82) is 0 Å². The van der Waals surface area contributed by atoms with Crippen LogP contribution in [-0.4, -0.2) is 23.7 Å². The van der Waals surface area contributed by atoms with Crippen LogP contribution < -0.4 is 0 Å². The largest absolute Gasteiger partial charge is 0.480 e. The lowest BCUT2D eigenvalue weighted by molar-refractivity contribution is -0.190. The normalized spacial score (nSPS) is 13.2. The molecule has 4 heteroatoms. The molecule has 0 atom stereocenters. The van der Waals surface area contributed by atoms with Crippen molar-refractivity contribution in [3.05, 3.63) is 0 Å². The van der Waals surface area contributed by atoms with E-state index in [4.69, 9.17) is 4.74 Å². The van der Waals surface area contributed by atoms with Crippen LogP contribution in [0.15, 0.2) is 0 Å². The average molecular weight is 272 g/mol. The molecule has 0 aromatic carbocycles. The van der Waals surface area contributed by atoms with Gasteiger partial charge >= 0.3 is 11.9 Å². The fourth-order valence-corrected chi connectivity index (χ4v) is 2.88. The lowest BCUT2D eigenvalue weighted by Gasteiger charge is -2.47. The Morgan fingerprint density at radius 2 is 1.42 bits per heavy atom. The zero-order chi connectivity index (χ0) is 15.5. The number of aliphatic carboxylic acids is 1. The van der Waals surface area contributed by atoms with Crippen LogP contribution >= 0.6 is 0 Å². The van der Waals surface area contributed by atoms with Crippen molar-refractivity contribution >= 4 is 11.9 Å². The molecule has 112 valence electrons. The number of carbonyl (C=O) groups excluding carboxylic acids is 1. The first-order valence-corrected chi connectivity index (χ1v) is 6.83. The summed E-state index contributed by atoms with van der Waals surface area (Å²) in [5.74, 6) is -1.75. The number of rotatable bonds is 5. The molecule has 0 unspecified atom stereocenters. The van der Waals surface area contributed by atoms with E-state index in [1.165, 1.54) is 0 Å². The van der Waals surface area contributed by atoms with Gasteiger partial charge in [0, 0.05) is 0 Å². The summed E-state index contributed by atoms with van der Waals surface area (Å²) in [5, 5.41) is 9.72. The maximum absolute atomic E-state index is 12.5. The van der Waals surface area contributed by atoms with E-state index in [2.05, 4.69) is 0 Å². The third kappa shape index (κ3) is 3.28. The number of carboxylic acid groups (broad SMARTS) is 1. The Balaban J connectivity index is 5.63. The highest BCUT2D eigenvalue weighted by atomic mass is 16.5. The van der Waals surface area contributed by atoms with Gasteiger partial charge in [-0.1, -0.05) is 54.9 Å². The van der Waals surface area contributed by atoms with Crippen LogP contribution in [0.5, 0.6) is 0 Å². The van der Waals surface area contributed by atoms with Crippen LogP contribution in [0, 0.1) is 16.2 Å². The van der Waals surface area contributed by atoms with Crippen molar-refractivity contribution in [1.82, 2.24) is 0 Å². The van der Waals surface area contributed by atoms with E-state index in [0.29, 0.717) is 0 Å². The van der Waals surface area contributed by atoms with Gasteiger partial charge in [0.1, 0.15) is 0 Å². The van der Waals surface area contributed by atoms with E-state index in [1.807, 2.05) is 6.92 Å². The molecule has 0 heterocycles. The Morgan fingerprint density at radius 3 is 1.68 bits per heavy atom. The van der Waals surface area contributed by atoms with Crippen molar-refractivity contribution in [2.45, 2.75) is 61.3 Å². The summed E-state index contributed by atoms with van der Waals surface area (Å²) < 4.78 is 5.24. The van der Waals surface area contributed by atoms with Crippen molar-refractivity contribution < 1.29 is 19.4 Å². The molecule has 0 aromatic heterocycles. The second-order valence-corrected chi connectivity index (χ2v) is 7.04. The SMILES string of the molecule is CCCCOC(=O)C(C(=O)O)(C(C)(C)C)C(C)(C)C. The molecule has 19 heavy (non-hydrogen) atoms. The van der Waals surface area contributed by atoms with E-state index < -0.39 is 28.2 Å². The van der Waals surface area contributed by atoms with E-state index in [1.54, 1.807) is 41.5 Å². The predicted octanol–water partition coefficient (Wildman–Crippen LogP) is 3.49. The van der Waals surface area contributed by atoms with Crippen LogP contribution in [0.2, 0.25) is 0 Å². The number of unbranched alkanes of at least 4 members (excludes halogenated alkanes) is 1. The molecule has 0 fully saturated rings. The van der Waals surface area contributed by atoms with Crippen LogP contribution in [-0.2, 0) is 14.3 Å². The minimum atomic E-state index is -1.56. The maximum Gasteiger partial charge on any atom is 0.324 e. The zero-order valence-electron chi connectivity index (χ0n) is 13.3. The lowest BCUT2D eigenvalue weighted by atomic mass is 9.54. The molecule has 0 amide bonds. The highest BCUT2D eigenvalue weighted by Crippen LogP contribution is 2.52. The topological polar surface area (TPSA) is 63.6 Å². The minimum Gasteiger partial charge on any atom is -0.480 e. The van der Waals surface area contributed by atoms with Gasteiger partial charge in [0.25, 0.3) is 0 Å². The smallest absolute Gasteiger partial charge is 0.324 e. The Hall–Kier alpha value is -1.06. The fourth-order valence-electron chi connectivity index (χ4n) is 2.88. The Kier molecular flexibility index (Phi) is 5.60. The molecule has 0 aliphatic heterocycles. The molecule has 0 spiro atoms. The van der Waals surface area contributed by atoms with Crippen LogP contribution in [0.3, 0.4) is 0 Å². The summed E-state index contributed by atoms with van der Waals surface area (Å²) >= 11 is 0. The molecular weight excluding hydrogens is 244 g/mol. The molecule has 1 N–H and O–H groups in total. The number of carbonyl (C=O) groups is 2. The zero-order valence-corrected chi connectivity index (χ0v) is 13.3. The van der Waals surface area contributed by atoms with Crippen molar-refractivity contribution in [2.24, 2.45) is 16.2 Å². The van der Waals surface area contributed by atoms with E-state index in [-0.39, 0.29) is 6.61 Å². The van der Waals surface area contributed by atoms with Gasteiger partial charge in [-0.25, -0.2) is 0 Å². The first-order chi connectivity index (χ1) is 8.42. The van der Waals surface area contributed by atoms with Crippen molar-refractivity contribution in [3.8, 4) is 0 Å². The molecule has 0 saturated heterocycles. The Morgan fingerprint density at radius 1 is 1.00 bits per heavy atom. The molecule has 0 aliphatic rings. The summed E-state index contributed by atoms with van der Waals surface area (Å²) in [4.78, 5) is 24.4. The van der Waals surface area contributed by atoms with Crippen molar-refractivity contribution in [2.75, 3.05) is 6.61 Å². The maximum atomic E-state index is 12.5. The summed E-state index contributed by atoms with van der Waals surface area (Å²) in [6, 6.07) is 0. The van der Waals surface area contributed by atoms with Gasteiger partial charge in [0.05, 0.1) is 6.61 Å². The summed E-state index contributed by atoms with van der Waals surface area (Å²) in [6.07, 6.45) is 1.65. The van der Waals surface area contributed by atoms with Gasteiger partial charge in [-0.05, 0) is 17.3 Å². The first-order valence-electron chi connectivity index (χ1n) is 6.83. The van der Waals surface area contributed by atoms with E-state index in [9.17, 15) is 14.7 Å². The third-order valence-corrected chi connectivity index (χ3v) is 3.61. The van der Waals surface area contributed by atoms with Crippen molar-refractivity contribution in [3.63, 3.8) is 0 Å². The summed E-state index contributed by atoms with van der Waals surface area (Å²) in [6.45, 7) is 12.9. The Bertz CT molecular complexity index is 317. The van der Waals surface area contributed by atoms with Gasteiger partial charge in [0.2, 0.25) is 0 Å². The van der Waals surface area contributed by atoms with Gasteiger partial charge in [-0.3, -0.25) is 9.59 Å². The second-order valence-electron chi connectivity index (χ2n) is 7.04. The lowest BCUT2D eigenvalue weighted by Crippen LogP contribution is -2.58. The second kappa shape index (κ2) is 5.93. The molecule has 0 radical (unpaired) electrons. The quantitative estimate of drug-likeness (QED) is 0.472. The summed E-state index contributed by atoms with van der Waals surface area (Å²) in [7, 11) is 0. The molecule has 0 saturated carbocycles. The molecule has 4 nitrogen and oxygen atoms in total. The van der Waals surface area contributed by atoms with Crippen LogP contribution in [0.1, 0.15) is 61.3 Å². The number of esters is 1. The molecule has 0 bridgehead atoms. The first kappa shape index (κ1) is 17.9. The summed E-state index contributed by atoms with van der Waals surface area (Å²) in [5.41, 5.74) is -3.03. The molecule has 0 rings (SSSR count). The fraction of sp³-hybridized carbons (Fsp3) is 0.867. The molecule has 0 aliphatic carbocycles. The average Bonchev–Trinajstić information content (AvgIpc) is 2.12. The predicted molar refractivity (Wildman–Crippen MR) is 74.8 cm³/mol. The van der Waals surface area contributed by atoms with Gasteiger partial charge in [-0.2, -0.15) is 0 Å². The number of hydrogen-bond acceptors (Lipinski definition) is 3. The van der Waals surface area contributed by atoms with E-state index >= 15 is 0 Å². The number of ether oxygens (including phenoxy) is 1. The number of carboxylic acids is 1. The van der Waals surface area contributed by atoms with Gasteiger partial charge in [-0.15, -0.1) is 0 Å². The van der Waals surface area contributed by atoms with Crippen LogP contribution in [0.25, 0.3) is 0 Å². The molecular formula is C15H28O4. The van der Waals surface area contributed by atoms with Gasteiger partial charge in [0.15, 0.2) is 5.41 Å².